The van der Waals surface area contributed by atoms with Crippen LogP contribution in [-0.4, -0.2) is 52.3 Å². The van der Waals surface area contributed by atoms with E-state index in [2.05, 4.69) is 5.32 Å². The number of rotatable bonds is 5. The van der Waals surface area contributed by atoms with Gasteiger partial charge in [-0.25, -0.2) is 8.42 Å². The van der Waals surface area contributed by atoms with E-state index in [9.17, 15) is 8.42 Å². The van der Waals surface area contributed by atoms with Crippen LogP contribution in [0.15, 0.2) is 0 Å². The highest BCUT2D eigenvalue weighted by Crippen LogP contribution is 2.22. The molecule has 6 heteroatoms. The van der Waals surface area contributed by atoms with Gasteiger partial charge in [0.05, 0.1) is 18.1 Å². The summed E-state index contributed by atoms with van der Waals surface area (Å²) in [6.45, 7) is 1.57. The zero-order valence-corrected chi connectivity index (χ0v) is 9.27. The summed E-state index contributed by atoms with van der Waals surface area (Å²) >= 11 is 0. The van der Waals surface area contributed by atoms with Crippen LogP contribution < -0.4 is 11.1 Å². The summed E-state index contributed by atoms with van der Waals surface area (Å²) < 4.78 is 27.5. The van der Waals surface area contributed by atoms with Gasteiger partial charge >= 0.3 is 0 Å². The molecule has 0 amide bonds. The van der Waals surface area contributed by atoms with Gasteiger partial charge in [0.1, 0.15) is 0 Å². The van der Waals surface area contributed by atoms with E-state index in [1.54, 1.807) is 7.11 Å². The van der Waals surface area contributed by atoms with Crippen molar-refractivity contribution in [3.8, 4) is 0 Å². The van der Waals surface area contributed by atoms with Crippen LogP contribution in [0.25, 0.3) is 0 Å². The van der Waals surface area contributed by atoms with E-state index >= 15 is 0 Å². The first-order valence-corrected chi connectivity index (χ1v) is 6.50. The molecule has 0 spiro atoms. The quantitative estimate of drug-likeness (QED) is 0.567. The minimum absolute atomic E-state index is 0.153. The summed E-state index contributed by atoms with van der Waals surface area (Å²) in [6, 6.07) is 0. The van der Waals surface area contributed by atoms with Gasteiger partial charge in [-0.2, -0.15) is 0 Å². The van der Waals surface area contributed by atoms with Gasteiger partial charge < -0.3 is 15.8 Å². The van der Waals surface area contributed by atoms with Crippen molar-refractivity contribution in [1.82, 2.24) is 5.32 Å². The van der Waals surface area contributed by atoms with Crippen molar-refractivity contribution in [3.05, 3.63) is 0 Å². The third kappa shape index (κ3) is 2.91. The number of hydrogen-bond donors (Lipinski definition) is 2. The fourth-order valence-electron chi connectivity index (χ4n) is 1.71. The zero-order valence-electron chi connectivity index (χ0n) is 8.45. The molecule has 0 saturated carbocycles. The molecule has 1 heterocycles. The van der Waals surface area contributed by atoms with E-state index in [0.717, 1.165) is 0 Å². The third-order valence-electron chi connectivity index (χ3n) is 2.58. The molecular formula is C8H18N2O3S. The third-order valence-corrected chi connectivity index (χ3v) is 4.40. The highest BCUT2D eigenvalue weighted by Gasteiger charge is 2.40. The Morgan fingerprint density at radius 1 is 1.57 bits per heavy atom. The first-order chi connectivity index (χ1) is 6.54. The van der Waals surface area contributed by atoms with Gasteiger partial charge in [0.25, 0.3) is 0 Å². The highest BCUT2D eigenvalue weighted by atomic mass is 32.2. The molecule has 1 aliphatic rings. The SMILES string of the molecule is COCCNC1(CN)CCS(=O)(=O)C1. The second-order valence-electron chi connectivity index (χ2n) is 3.75. The van der Waals surface area contributed by atoms with E-state index in [1.807, 2.05) is 0 Å². The molecule has 5 nitrogen and oxygen atoms in total. The van der Waals surface area contributed by atoms with Crippen molar-refractivity contribution in [2.75, 3.05) is 38.3 Å². The molecule has 0 aromatic rings. The second kappa shape index (κ2) is 4.57. The topological polar surface area (TPSA) is 81.4 Å². The van der Waals surface area contributed by atoms with Crippen molar-refractivity contribution in [1.29, 1.82) is 0 Å². The second-order valence-corrected chi connectivity index (χ2v) is 5.93. The van der Waals surface area contributed by atoms with Crippen LogP contribution in [0.2, 0.25) is 0 Å². The number of sulfone groups is 1. The molecule has 14 heavy (non-hydrogen) atoms. The Kier molecular flexibility index (Phi) is 3.88. The number of hydrogen-bond acceptors (Lipinski definition) is 5. The summed E-state index contributed by atoms with van der Waals surface area (Å²) in [7, 11) is -1.27. The fraction of sp³-hybridized carbons (Fsp3) is 1.00. The van der Waals surface area contributed by atoms with Gasteiger partial charge in [-0.1, -0.05) is 0 Å². The minimum atomic E-state index is -2.89. The van der Waals surface area contributed by atoms with Gasteiger partial charge in [0, 0.05) is 25.7 Å². The van der Waals surface area contributed by atoms with E-state index in [-0.39, 0.29) is 11.5 Å². The van der Waals surface area contributed by atoms with E-state index in [4.69, 9.17) is 10.5 Å². The van der Waals surface area contributed by atoms with E-state index < -0.39 is 15.4 Å². The average Bonchev–Trinajstić information content (AvgIpc) is 2.44. The van der Waals surface area contributed by atoms with Crippen molar-refractivity contribution >= 4 is 9.84 Å². The Labute approximate surface area is 84.9 Å². The molecule has 3 N–H and O–H groups in total. The van der Waals surface area contributed by atoms with Crippen LogP contribution in [0, 0.1) is 0 Å². The van der Waals surface area contributed by atoms with Crippen LogP contribution >= 0.6 is 0 Å². The number of nitrogens with one attached hydrogen (secondary N) is 1. The summed E-state index contributed by atoms with van der Waals surface area (Å²) in [6.07, 6.45) is 0.607. The monoisotopic (exact) mass is 222 g/mol. The van der Waals surface area contributed by atoms with Gasteiger partial charge in [0.2, 0.25) is 0 Å². The first-order valence-electron chi connectivity index (χ1n) is 4.68. The predicted octanol–water partition coefficient (Wildman–Crippen LogP) is -1.26. The normalized spacial score (nSPS) is 30.7. The smallest absolute Gasteiger partial charge is 0.152 e. The Hall–Kier alpha value is -0.170. The zero-order chi connectivity index (χ0) is 10.7. The number of nitrogens with two attached hydrogens (primary N) is 1. The van der Waals surface area contributed by atoms with Gasteiger partial charge in [-0.15, -0.1) is 0 Å². The lowest BCUT2D eigenvalue weighted by molar-refractivity contribution is 0.187. The lowest BCUT2D eigenvalue weighted by atomic mass is 9.99. The first kappa shape index (κ1) is 11.9. The summed E-state index contributed by atoms with van der Waals surface area (Å²) in [5.41, 5.74) is 5.19. The maximum Gasteiger partial charge on any atom is 0.152 e. The molecular weight excluding hydrogens is 204 g/mol. The summed E-state index contributed by atoms with van der Waals surface area (Å²) in [4.78, 5) is 0. The predicted molar refractivity (Wildman–Crippen MR) is 54.9 cm³/mol. The lowest BCUT2D eigenvalue weighted by Gasteiger charge is -2.27. The molecule has 0 aromatic heterocycles. The molecule has 0 radical (unpaired) electrons. The van der Waals surface area contributed by atoms with Crippen LogP contribution in [-0.2, 0) is 14.6 Å². The Balaban J connectivity index is 2.52. The summed E-state index contributed by atoms with van der Waals surface area (Å²) in [5.74, 6) is 0.393. The number of ether oxygens (including phenoxy) is 1. The van der Waals surface area contributed by atoms with Crippen LogP contribution in [0.4, 0.5) is 0 Å². The van der Waals surface area contributed by atoms with Gasteiger partial charge in [0.15, 0.2) is 9.84 Å². The molecule has 1 fully saturated rings. The minimum Gasteiger partial charge on any atom is -0.383 e. The molecule has 0 aromatic carbocycles. The van der Waals surface area contributed by atoms with Gasteiger partial charge in [-0.05, 0) is 6.42 Å². The Bertz CT molecular complexity index is 278. The lowest BCUT2D eigenvalue weighted by Crippen LogP contribution is -2.53. The molecule has 0 aliphatic carbocycles. The largest absolute Gasteiger partial charge is 0.383 e. The van der Waals surface area contributed by atoms with Crippen LogP contribution in [0.5, 0.6) is 0 Å². The van der Waals surface area contributed by atoms with Crippen molar-refractivity contribution < 1.29 is 13.2 Å². The maximum absolute atomic E-state index is 11.3. The average molecular weight is 222 g/mol. The van der Waals surface area contributed by atoms with Crippen LogP contribution in [0.3, 0.4) is 0 Å². The van der Waals surface area contributed by atoms with E-state index in [0.29, 0.717) is 26.1 Å². The Morgan fingerprint density at radius 3 is 2.71 bits per heavy atom. The standard InChI is InChI=1S/C8H18N2O3S/c1-13-4-3-10-8(6-9)2-5-14(11,12)7-8/h10H,2-7,9H2,1H3. The molecule has 0 bridgehead atoms. The summed E-state index contributed by atoms with van der Waals surface area (Å²) in [5, 5.41) is 3.17. The molecule has 1 unspecified atom stereocenters. The molecule has 1 aliphatic heterocycles. The maximum atomic E-state index is 11.3. The number of methoxy groups -OCH3 is 1. The van der Waals surface area contributed by atoms with Crippen molar-refractivity contribution in [3.63, 3.8) is 0 Å². The molecule has 1 rings (SSSR count). The van der Waals surface area contributed by atoms with Crippen LogP contribution in [0.1, 0.15) is 6.42 Å². The van der Waals surface area contributed by atoms with E-state index in [1.165, 1.54) is 0 Å². The molecule has 84 valence electrons. The fourth-order valence-corrected chi connectivity index (χ4v) is 3.76. The molecule has 1 atom stereocenters. The van der Waals surface area contributed by atoms with Crippen molar-refractivity contribution in [2.45, 2.75) is 12.0 Å². The molecule has 1 saturated heterocycles. The van der Waals surface area contributed by atoms with Crippen molar-refractivity contribution in [2.24, 2.45) is 5.73 Å². The van der Waals surface area contributed by atoms with Gasteiger partial charge in [-0.3, -0.25) is 0 Å². The highest BCUT2D eigenvalue weighted by molar-refractivity contribution is 7.91. The Morgan fingerprint density at radius 2 is 2.29 bits per heavy atom.